The monoisotopic (exact) mass is 250 g/mol. The lowest BCUT2D eigenvalue weighted by molar-refractivity contribution is -0.151. The van der Waals surface area contributed by atoms with Gasteiger partial charge in [-0.1, -0.05) is 13.0 Å². The van der Waals surface area contributed by atoms with Crippen LogP contribution in [-0.4, -0.2) is 18.9 Å². The van der Waals surface area contributed by atoms with Crippen molar-refractivity contribution in [1.82, 2.24) is 0 Å². The molecule has 0 unspecified atom stereocenters. The molecule has 2 rings (SSSR count). The van der Waals surface area contributed by atoms with Gasteiger partial charge in [0.25, 0.3) is 0 Å². The minimum absolute atomic E-state index is 0.0725. The van der Waals surface area contributed by atoms with Crippen LogP contribution in [0, 0.1) is 5.92 Å². The highest BCUT2D eigenvalue weighted by Crippen LogP contribution is 2.33. The maximum atomic E-state index is 11.7. The van der Waals surface area contributed by atoms with Gasteiger partial charge in [0.15, 0.2) is 11.5 Å². The number of carbonyl (C=O) groups excluding carboxylic acids is 1. The first-order valence-corrected chi connectivity index (χ1v) is 6.15. The van der Waals surface area contributed by atoms with Gasteiger partial charge in [0.1, 0.15) is 0 Å². The molecule has 18 heavy (non-hydrogen) atoms. The van der Waals surface area contributed by atoms with E-state index in [9.17, 15) is 4.79 Å². The summed E-state index contributed by atoms with van der Waals surface area (Å²) in [5.74, 6) is 1.18. The predicted octanol–water partition coefficient (Wildman–Crippen LogP) is 2.55. The Hall–Kier alpha value is -1.71. The van der Waals surface area contributed by atoms with Crippen molar-refractivity contribution in [3.05, 3.63) is 23.8 Å². The van der Waals surface area contributed by atoms with E-state index in [2.05, 4.69) is 0 Å². The number of esters is 1. The summed E-state index contributed by atoms with van der Waals surface area (Å²) in [5.41, 5.74) is 1.05. The first-order valence-electron chi connectivity index (χ1n) is 6.15. The first-order chi connectivity index (χ1) is 8.56. The van der Waals surface area contributed by atoms with Gasteiger partial charge in [-0.05, 0) is 38.0 Å². The molecule has 0 spiro atoms. The standard InChI is InChI=1S/C14H18O4/c1-9(2)18-14(15)10(3)6-11-4-5-12-13(7-11)17-8-16-12/h4-5,7,9-10H,6,8H2,1-3H3/t10-/m1/s1. The Labute approximate surface area is 107 Å². The van der Waals surface area contributed by atoms with E-state index in [0.717, 1.165) is 17.1 Å². The van der Waals surface area contributed by atoms with Crippen molar-refractivity contribution in [2.24, 2.45) is 5.92 Å². The largest absolute Gasteiger partial charge is 0.463 e. The van der Waals surface area contributed by atoms with Gasteiger partial charge in [-0.2, -0.15) is 0 Å². The summed E-state index contributed by atoms with van der Waals surface area (Å²) < 4.78 is 15.7. The lowest BCUT2D eigenvalue weighted by Crippen LogP contribution is -2.20. The van der Waals surface area contributed by atoms with E-state index in [1.54, 1.807) is 0 Å². The van der Waals surface area contributed by atoms with Gasteiger partial charge in [0.2, 0.25) is 6.79 Å². The molecule has 0 radical (unpaired) electrons. The van der Waals surface area contributed by atoms with Gasteiger partial charge in [0.05, 0.1) is 12.0 Å². The van der Waals surface area contributed by atoms with Gasteiger partial charge >= 0.3 is 5.97 Å². The normalized spacial score (nSPS) is 14.7. The number of ether oxygens (including phenoxy) is 3. The van der Waals surface area contributed by atoms with Crippen LogP contribution in [0.15, 0.2) is 18.2 Å². The minimum atomic E-state index is -0.164. The van der Waals surface area contributed by atoms with E-state index in [4.69, 9.17) is 14.2 Å². The summed E-state index contributed by atoms with van der Waals surface area (Å²) >= 11 is 0. The van der Waals surface area contributed by atoms with Crippen LogP contribution < -0.4 is 9.47 Å². The molecule has 1 atom stereocenters. The Morgan fingerprint density at radius 2 is 2.00 bits per heavy atom. The minimum Gasteiger partial charge on any atom is -0.463 e. The molecule has 0 saturated carbocycles. The third-order valence-electron chi connectivity index (χ3n) is 2.73. The number of fused-ring (bicyclic) bond motifs is 1. The second-order valence-corrected chi connectivity index (χ2v) is 4.78. The van der Waals surface area contributed by atoms with Crippen LogP contribution in [0.25, 0.3) is 0 Å². The molecule has 4 heteroatoms. The molecule has 1 aromatic carbocycles. The van der Waals surface area contributed by atoms with Crippen LogP contribution in [0.4, 0.5) is 0 Å². The molecule has 0 amide bonds. The van der Waals surface area contributed by atoms with E-state index in [-0.39, 0.29) is 24.8 Å². The Kier molecular flexibility index (Phi) is 3.75. The molecule has 4 nitrogen and oxygen atoms in total. The second kappa shape index (κ2) is 5.29. The van der Waals surface area contributed by atoms with Gasteiger partial charge in [-0.15, -0.1) is 0 Å². The van der Waals surface area contributed by atoms with Crippen molar-refractivity contribution < 1.29 is 19.0 Å². The Bertz CT molecular complexity index is 439. The van der Waals surface area contributed by atoms with E-state index in [1.807, 2.05) is 39.0 Å². The third kappa shape index (κ3) is 2.94. The molecular formula is C14H18O4. The SMILES string of the molecule is CC(C)OC(=O)[C@H](C)Cc1ccc2c(c1)OCO2. The van der Waals surface area contributed by atoms with Gasteiger partial charge in [-0.25, -0.2) is 0 Å². The maximum absolute atomic E-state index is 11.7. The second-order valence-electron chi connectivity index (χ2n) is 4.78. The smallest absolute Gasteiger partial charge is 0.309 e. The molecule has 0 N–H and O–H groups in total. The molecule has 1 aliphatic heterocycles. The fourth-order valence-corrected chi connectivity index (χ4v) is 1.85. The average molecular weight is 250 g/mol. The Morgan fingerprint density at radius 3 is 2.72 bits per heavy atom. The molecule has 1 aromatic rings. The Morgan fingerprint density at radius 1 is 1.28 bits per heavy atom. The summed E-state index contributed by atoms with van der Waals surface area (Å²) in [6.07, 6.45) is 0.569. The van der Waals surface area contributed by atoms with Crippen LogP contribution in [0.1, 0.15) is 26.3 Å². The molecule has 0 aromatic heterocycles. The summed E-state index contributed by atoms with van der Waals surface area (Å²) in [4.78, 5) is 11.7. The van der Waals surface area contributed by atoms with Gasteiger partial charge in [0, 0.05) is 0 Å². The van der Waals surface area contributed by atoms with E-state index in [0.29, 0.717) is 6.42 Å². The maximum Gasteiger partial charge on any atom is 0.309 e. The third-order valence-corrected chi connectivity index (χ3v) is 2.73. The Balaban J connectivity index is 1.99. The van der Waals surface area contributed by atoms with Gasteiger partial charge in [-0.3, -0.25) is 4.79 Å². The number of hydrogen-bond donors (Lipinski definition) is 0. The van der Waals surface area contributed by atoms with Crippen molar-refractivity contribution in [1.29, 1.82) is 0 Å². The first kappa shape index (κ1) is 12.7. The van der Waals surface area contributed by atoms with Crippen molar-refractivity contribution in [2.75, 3.05) is 6.79 Å². The van der Waals surface area contributed by atoms with Crippen molar-refractivity contribution in [2.45, 2.75) is 33.3 Å². The highest BCUT2D eigenvalue weighted by molar-refractivity contribution is 5.72. The highest BCUT2D eigenvalue weighted by atomic mass is 16.7. The summed E-state index contributed by atoms with van der Waals surface area (Å²) in [6, 6.07) is 5.74. The van der Waals surface area contributed by atoms with Crippen LogP contribution in [0.5, 0.6) is 11.5 Å². The number of carbonyl (C=O) groups is 1. The molecule has 0 bridgehead atoms. The van der Waals surface area contributed by atoms with E-state index < -0.39 is 0 Å². The van der Waals surface area contributed by atoms with Crippen LogP contribution >= 0.6 is 0 Å². The number of rotatable bonds is 4. The predicted molar refractivity (Wildman–Crippen MR) is 66.7 cm³/mol. The lowest BCUT2D eigenvalue weighted by atomic mass is 10.0. The quantitative estimate of drug-likeness (QED) is 0.770. The topological polar surface area (TPSA) is 44.8 Å². The zero-order valence-electron chi connectivity index (χ0n) is 10.9. The summed E-state index contributed by atoms with van der Waals surface area (Å²) in [6.45, 7) is 5.84. The van der Waals surface area contributed by atoms with E-state index >= 15 is 0 Å². The van der Waals surface area contributed by atoms with E-state index in [1.165, 1.54) is 0 Å². The zero-order chi connectivity index (χ0) is 13.1. The molecule has 0 saturated heterocycles. The fourth-order valence-electron chi connectivity index (χ4n) is 1.85. The van der Waals surface area contributed by atoms with Gasteiger partial charge < -0.3 is 14.2 Å². The average Bonchev–Trinajstić information content (AvgIpc) is 2.75. The van der Waals surface area contributed by atoms with Crippen LogP contribution in [-0.2, 0) is 16.0 Å². The molecule has 1 aliphatic rings. The number of hydrogen-bond acceptors (Lipinski definition) is 4. The summed E-state index contributed by atoms with van der Waals surface area (Å²) in [5, 5.41) is 0. The van der Waals surface area contributed by atoms with Crippen LogP contribution in [0.3, 0.4) is 0 Å². The van der Waals surface area contributed by atoms with Crippen molar-refractivity contribution >= 4 is 5.97 Å². The van der Waals surface area contributed by atoms with Crippen LogP contribution in [0.2, 0.25) is 0 Å². The molecule has 1 heterocycles. The molecule has 98 valence electrons. The highest BCUT2D eigenvalue weighted by Gasteiger charge is 2.19. The fraction of sp³-hybridized carbons (Fsp3) is 0.500. The summed E-state index contributed by atoms with van der Waals surface area (Å²) in [7, 11) is 0. The zero-order valence-corrected chi connectivity index (χ0v) is 10.9. The lowest BCUT2D eigenvalue weighted by Gasteiger charge is -2.14. The molecule has 0 aliphatic carbocycles. The van der Waals surface area contributed by atoms with Crippen molar-refractivity contribution in [3.8, 4) is 11.5 Å². The molecular weight excluding hydrogens is 232 g/mol. The molecule has 0 fully saturated rings. The van der Waals surface area contributed by atoms with Crippen molar-refractivity contribution in [3.63, 3.8) is 0 Å². The number of benzene rings is 1.